The number of aromatic nitrogens is 1. The van der Waals surface area contributed by atoms with E-state index in [9.17, 15) is 19.5 Å². The quantitative estimate of drug-likeness (QED) is 0.265. The Morgan fingerprint density at radius 1 is 1.27 bits per heavy atom. The van der Waals surface area contributed by atoms with Crippen LogP contribution in [0.5, 0.6) is 0 Å². The highest BCUT2D eigenvalue weighted by Crippen LogP contribution is 2.68. The molecule has 2 bridgehead atoms. The molecule has 220 valence electrons. The molecule has 0 spiro atoms. The summed E-state index contributed by atoms with van der Waals surface area (Å²) in [6, 6.07) is 1.79. The summed E-state index contributed by atoms with van der Waals surface area (Å²) in [5, 5.41) is 14.5. The Bertz CT molecular complexity index is 1160. The predicted octanol–water partition coefficient (Wildman–Crippen LogP) is 4.58. The molecule has 1 amide bonds. The van der Waals surface area contributed by atoms with Gasteiger partial charge in [-0.1, -0.05) is 33.8 Å². The number of carbonyl (C=O) groups excluding carboxylic acids is 3. The molecule has 0 aromatic carbocycles. The molecular weight excluding hydrogens is 526 g/mol. The zero-order valence-electron chi connectivity index (χ0n) is 24.7. The minimum absolute atomic E-state index is 0.0608. The summed E-state index contributed by atoms with van der Waals surface area (Å²) in [7, 11) is 3.64. The maximum Gasteiger partial charge on any atom is 0.316 e. The minimum Gasteiger partial charge on any atom is -0.461 e. The number of likely N-dealkylation sites (N-methyl/N-ethyl adjacent to an activating group) is 1. The first-order valence-corrected chi connectivity index (χ1v) is 15.3. The van der Waals surface area contributed by atoms with Crippen molar-refractivity contribution >= 4 is 35.1 Å². The zero-order chi connectivity index (χ0) is 29.5. The van der Waals surface area contributed by atoms with Crippen LogP contribution < -0.4 is 5.32 Å². The Morgan fingerprint density at radius 2 is 2.00 bits per heavy atom. The van der Waals surface area contributed by atoms with Crippen LogP contribution in [0.15, 0.2) is 36.0 Å². The van der Waals surface area contributed by atoms with Crippen molar-refractivity contribution in [2.45, 2.75) is 76.9 Å². The number of thioether (sulfide) groups is 1. The number of ether oxygens (including phenoxy) is 1. The molecular formula is C31H45N3O5S. The van der Waals surface area contributed by atoms with Gasteiger partial charge in [0.05, 0.1) is 30.3 Å². The number of carbonyl (C=O) groups is 3. The summed E-state index contributed by atoms with van der Waals surface area (Å²) in [5.41, 5.74) is -0.939. The normalized spacial score (nSPS) is 37.3. The highest BCUT2D eigenvalue weighted by molar-refractivity contribution is 8.00. The summed E-state index contributed by atoms with van der Waals surface area (Å²) in [6.07, 6.45) is 7.33. The second kappa shape index (κ2) is 11.6. The second-order valence-corrected chi connectivity index (χ2v) is 14.1. The molecule has 1 aromatic heterocycles. The molecule has 1 heterocycles. The van der Waals surface area contributed by atoms with Crippen LogP contribution >= 0.6 is 11.8 Å². The number of pyridine rings is 1. The van der Waals surface area contributed by atoms with Gasteiger partial charge in [0, 0.05) is 34.3 Å². The lowest BCUT2D eigenvalue weighted by molar-refractivity contribution is -0.205. The number of anilines is 1. The predicted molar refractivity (Wildman–Crippen MR) is 157 cm³/mol. The first-order chi connectivity index (χ1) is 18.8. The number of hydrogen-bond donors (Lipinski definition) is 2. The topological polar surface area (TPSA) is 109 Å². The number of amides is 1. The van der Waals surface area contributed by atoms with E-state index in [1.165, 1.54) is 11.8 Å². The molecule has 4 rings (SSSR count). The van der Waals surface area contributed by atoms with Gasteiger partial charge >= 0.3 is 5.97 Å². The lowest BCUT2D eigenvalue weighted by atomic mass is 9.44. The van der Waals surface area contributed by atoms with Crippen LogP contribution in [0, 0.1) is 34.0 Å². The molecule has 3 aliphatic carbocycles. The number of aliphatic hydroxyl groups excluding tert-OH is 1. The van der Waals surface area contributed by atoms with Gasteiger partial charge in [0.2, 0.25) is 5.91 Å². The van der Waals surface area contributed by atoms with Gasteiger partial charge in [-0.25, -0.2) is 0 Å². The van der Waals surface area contributed by atoms with Crippen LogP contribution in [-0.2, 0) is 19.1 Å². The van der Waals surface area contributed by atoms with Gasteiger partial charge in [-0.2, -0.15) is 0 Å². The van der Waals surface area contributed by atoms with Crippen molar-refractivity contribution in [1.82, 2.24) is 9.88 Å². The fourth-order valence-corrected chi connectivity index (χ4v) is 8.59. The van der Waals surface area contributed by atoms with Crippen LogP contribution in [0.3, 0.4) is 0 Å². The maximum absolute atomic E-state index is 13.5. The third kappa shape index (κ3) is 5.49. The first-order valence-electron chi connectivity index (χ1n) is 14.3. The van der Waals surface area contributed by atoms with Gasteiger partial charge in [0.1, 0.15) is 11.9 Å². The van der Waals surface area contributed by atoms with Crippen molar-refractivity contribution in [2.24, 2.45) is 34.0 Å². The third-order valence-corrected chi connectivity index (χ3v) is 11.3. The van der Waals surface area contributed by atoms with Crippen LogP contribution in [0.25, 0.3) is 0 Å². The van der Waals surface area contributed by atoms with Crippen molar-refractivity contribution in [3.05, 3.63) is 31.1 Å². The van der Waals surface area contributed by atoms with Crippen LogP contribution in [0.1, 0.15) is 59.8 Å². The van der Waals surface area contributed by atoms with E-state index < -0.39 is 23.0 Å². The van der Waals surface area contributed by atoms with E-state index in [1.807, 2.05) is 27.1 Å². The molecule has 0 saturated heterocycles. The fraction of sp³-hybridized carbons (Fsp3) is 0.677. The number of nitrogens with one attached hydrogen (secondary N) is 1. The number of hydrogen-bond acceptors (Lipinski definition) is 8. The molecule has 0 aliphatic heterocycles. The Morgan fingerprint density at radius 3 is 2.67 bits per heavy atom. The van der Waals surface area contributed by atoms with E-state index in [0.29, 0.717) is 18.5 Å². The minimum atomic E-state index is -0.691. The zero-order valence-corrected chi connectivity index (χ0v) is 25.6. The number of Topliss-reactive ketones (excluding diaryl/α,β-unsaturated/α-hetero) is 1. The molecule has 3 saturated carbocycles. The van der Waals surface area contributed by atoms with Gasteiger partial charge < -0.3 is 20.1 Å². The van der Waals surface area contributed by atoms with E-state index >= 15 is 0 Å². The Hall–Kier alpha value is -2.23. The summed E-state index contributed by atoms with van der Waals surface area (Å²) < 4.78 is 6.31. The molecule has 0 radical (unpaired) electrons. The summed E-state index contributed by atoms with van der Waals surface area (Å²) in [4.78, 5) is 45.8. The molecule has 40 heavy (non-hydrogen) atoms. The second-order valence-electron chi connectivity index (χ2n) is 13.0. The van der Waals surface area contributed by atoms with Gasteiger partial charge in [0.15, 0.2) is 0 Å². The van der Waals surface area contributed by atoms with E-state index in [4.69, 9.17) is 4.74 Å². The van der Waals surface area contributed by atoms with E-state index in [0.717, 1.165) is 24.2 Å². The number of rotatable bonds is 8. The molecule has 3 fully saturated rings. The maximum atomic E-state index is 13.5. The van der Waals surface area contributed by atoms with Gasteiger partial charge in [-0.3, -0.25) is 19.4 Å². The Labute approximate surface area is 242 Å². The molecule has 8 atom stereocenters. The van der Waals surface area contributed by atoms with Gasteiger partial charge in [0.25, 0.3) is 0 Å². The fourth-order valence-electron chi connectivity index (χ4n) is 7.89. The Kier molecular flexibility index (Phi) is 8.89. The molecule has 9 heteroatoms. The van der Waals surface area contributed by atoms with Crippen molar-refractivity contribution in [3.8, 4) is 0 Å². The summed E-state index contributed by atoms with van der Waals surface area (Å²) >= 11 is 1.29. The average molecular weight is 572 g/mol. The van der Waals surface area contributed by atoms with E-state index in [1.54, 1.807) is 23.4 Å². The lowest BCUT2D eigenvalue weighted by Gasteiger charge is -2.61. The molecule has 0 unspecified atom stereocenters. The smallest absolute Gasteiger partial charge is 0.316 e. The number of nitrogens with zero attached hydrogens (tertiary/aromatic N) is 2. The van der Waals surface area contributed by atoms with E-state index in [2.05, 4.69) is 37.7 Å². The number of ketones is 1. The molecule has 2 N–H and O–H groups in total. The van der Waals surface area contributed by atoms with Crippen molar-refractivity contribution < 1.29 is 24.2 Å². The monoisotopic (exact) mass is 571 g/mol. The largest absolute Gasteiger partial charge is 0.461 e. The highest BCUT2D eigenvalue weighted by atomic mass is 32.2. The highest BCUT2D eigenvalue weighted by Gasteiger charge is 2.68. The molecule has 1 aromatic rings. The summed E-state index contributed by atoms with van der Waals surface area (Å²) in [6.45, 7) is 12.7. The number of esters is 1. The van der Waals surface area contributed by atoms with Gasteiger partial charge in [-0.05, 0) is 63.1 Å². The van der Waals surface area contributed by atoms with Crippen LogP contribution in [-0.4, -0.2) is 71.3 Å². The van der Waals surface area contributed by atoms with E-state index in [-0.39, 0.29) is 53.1 Å². The first kappa shape index (κ1) is 30.7. The average Bonchev–Trinajstić information content (AvgIpc) is 3.25. The van der Waals surface area contributed by atoms with Crippen molar-refractivity contribution in [2.75, 3.05) is 31.7 Å². The SMILES string of the molecule is C=C[C@]1(C)C[C@@H](OC(=O)CSc2cncc(NC(=O)CN(C)C)c2)[C@]2(C)[C@H](C)CC[C@]3(CCC(=O)[C@H]32)[C@@H](C)[C@@H]1O. The van der Waals surface area contributed by atoms with Gasteiger partial charge in [-0.15, -0.1) is 18.3 Å². The lowest BCUT2D eigenvalue weighted by Crippen LogP contribution is -2.63. The van der Waals surface area contributed by atoms with Crippen LogP contribution in [0.2, 0.25) is 0 Å². The number of aliphatic hydroxyl groups is 1. The van der Waals surface area contributed by atoms with Crippen LogP contribution in [0.4, 0.5) is 5.69 Å². The standard InChI is InChI=1S/C31H45N3O5S/c1-8-29(4)14-24(30(5)19(2)9-11-31(20(3)28(29)38)12-10-23(35)27(30)31)39-26(37)18-40-22-13-21(15-32-16-22)33-25(36)17-34(6)7/h8,13,15-16,19-20,24,27-28,38H,1,9-12,14,17-18H2,2-7H3,(H,33,36)/t19-,20+,24-,27+,28+,29-,30+,31+/m1/s1. The van der Waals surface area contributed by atoms with Crippen molar-refractivity contribution in [3.63, 3.8) is 0 Å². The Balaban J connectivity index is 1.56. The summed E-state index contributed by atoms with van der Waals surface area (Å²) in [5.74, 6) is -0.353. The van der Waals surface area contributed by atoms with Crippen molar-refractivity contribution in [1.29, 1.82) is 0 Å². The third-order valence-electron chi connectivity index (χ3n) is 10.4. The molecule has 8 nitrogen and oxygen atoms in total. The molecule has 3 aliphatic rings.